The van der Waals surface area contributed by atoms with E-state index in [1.54, 1.807) is 23.1 Å². The van der Waals surface area contributed by atoms with Gasteiger partial charge in [0.05, 0.1) is 0 Å². The molecule has 0 radical (unpaired) electrons. The largest absolute Gasteiger partial charge is 0.340 e. The molecule has 26 heavy (non-hydrogen) atoms. The molecule has 0 aliphatic carbocycles. The maximum Gasteiger partial charge on any atom is 0.246 e. The first-order valence-electron chi connectivity index (χ1n) is 8.27. The van der Waals surface area contributed by atoms with Gasteiger partial charge in [0.25, 0.3) is 0 Å². The molecule has 134 valence electrons. The first kappa shape index (κ1) is 16.7. The second kappa shape index (κ2) is 7.24. The number of hydrogen-bond acceptors (Lipinski definition) is 7. The number of hydrogen-bond donors (Lipinski definition) is 0. The monoisotopic (exact) mass is 373 g/mol. The molecule has 0 spiro atoms. The molecule has 1 aliphatic heterocycles. The molecule has 0 bridgehead atoms. The van der Waals surface area contributed by atoms with E-state index in [9.17, 15) is 9.18 Å². The van der Waals surface area contributed by atoms with Gasteiger partial charge in [-0.3, -0.25) is 4.79 Å². The van der Waals surface area contributed by atoms with Crippen molar-refractivity contribution in [2.75, 3.05) is 13.1 Å². The van der Waals surface area contributed by atoms with Crippen molar-refractivity contribution in [2.45, 2.75) is 25.3 Å². The fourth-order valence-corrected chi connectivity index (χ4v) is 4.03. The molecule has 10 heteroatoms. The van der Waals surface area contributed by atoms with Crippen LogP contribution in [-0.2, 0) is 11.3 Å². The van der Waals surface area contributed by atoms with Crippen molar-refractivity contribution in [1.29, 1.82) is 0 Å². The van der Waals surface area contributed by atoms with E-state index in [0.717, 1.165) is 17.8 Å². The summed E-state index contributed by atoms with van der Waals surface area (Å²) in [6.45, 7) is 1.34. The van der Waals surface area contributed by atoms with Gasteiger partial charge in [-0.25, -0.2) is 4.39 Å². The smallest absolute Gasteiger partial charge is 0.246 e. The minimum atomic E-state index is -0.309. The lowest BCUT2D eigenvalue weighted by atomic mass is 9.99. The van der Waals surface area contributed by atoms with Gasteiger partial charge in [0.2, 0.25) is 5.91 Å². The molecule has 1 amide bonds. The van der Waals surface area contributed by atoms with E-state index in [1.807, 2.05) is 0 Å². The molecule has 3 aromatic rings. The Balaban J connectivity index is 1.46. The molecular weight excluding hydrogens is 357 g/mol. The summed E-state index contributed by atoms with van der Waals surface area (Å²) in [6, 6.07) is 6.53. The van der Waals surface area contributed by atoms with Crippen LogP contribution in [0.2, 0.25) is 0 Å². The zero-order chi connectivity index (χ0) is 17.9. The van der Waals surface area contributed by atoms with Crippen molar-refractivity contribution < 1.29 is 9.18 Å². The molecule has 1 unspecified atom stereocenters. The Hall–Kier alpha value is -2.75. The van der Waals surface area contributed by atoms with Crippen LogP contribution in [0.3, 0.4) is 0 Å². The first-order valence-corrected chi connectivity index (χ1v) is 9.09. The van der Waals surface area contributed by atoms with E-state index in [2.05, 4.69) is 25.6 Å². The van der Waals surface area contributed by atoms with Crippen LogP contribution in [0.15, 0.2) is 30.6 Å². The van der Waals surface area contributed by atoms with Gasteiger partial charge in [0.15, 0.2) is 11.3 Å². The van der Waals surface area contributed by atoms with Crippen LogP contribution in [0.25, 0.3) is 10.6 Å². The maximum absolute atomic E-state index is 13.9. The minimum absolute atomic E-state index is 0.0495. The molecule has 1 atom stereocenters. The summed E-state index contributed by atoms with van der Waals surface area (Å²) in [7, 11) is 0. The number of nitrogens with zero attached hydrogens (tertiary/aromatic N) is 7. The number of rotatable bonds is 4. The molecule has 3 heterocycles. The lowest BCUT2D eigenvalue weighted by Crippen LogP contribution is -2.41. The second-order valence-corrected chi connectivity index (χ2v) is 7.08. The zero-order valence-corrected chi connectivity index (χ0v) is 14.6. The van der Waals surface area contributed by atoms with Crippen LogP contribution in [0.1, 0.15) is 23.8 Å². The highest BCUT2D eigenvalue weighted by atomic mass is 32.1. The number of aromatic nitrogens is 6. The standard InChI is InChI=1S/C16H16FN7OS/c17-13-6-2-1-5-12(13)16-21-20-15(26-16)11-4-3-7-23(8-11)14(25)9-24-19-10-18-22-24/h1-2,5-6,10-11H,3-4,7-9H2. The summed E-state index contributed by atoms with van der Waals surface area (Å²) in [5.74, 6) is -0.253. The van der Waals surface area contributed by atoms with E-state index in [4.69, 9.17) is 0 Å². The Bertz CT molecular complexity index is 898. The predicted molar refractivity (Wildman–Crippen MR) is 91.7 cm³/mol. The Morgan fingerprint density at radius 1 is 1.31 bits per heavy atom. The summed E-state index contributed by atoms with van der Waals surface area (Å²) in [5, 5.41) is 21.0. The predicted octanol–water partition coefficient (Wildman–Crippen LogP) is 1.74. The van der Waals surface area contributed by atoms with Crippen LogP contribution in [0.5, 0.6) is 0 Å². The Kier molecular flexibility index (Phi) is 4.65. The summed E-state index contributed by atoms with van der Waals surface area (Å²) in [6.07, 6.45) is 3.12. The number of carbonyl (C=O) groups excluding carboxylic acids is 1. The minimum Gasteiger partial charge on any atom is -0.340 e. The van der Waals surface area contributed by atoms with Crippen molar-refractivity contribution in [3.8, 4) is 10.6 Å². The highest BCUT2D eigenvalue weighted by Crippen LogP contribution is 2.33. The molecule has 8 nitrogen and oxygen atoms in total. The summed E-state index contributed by atoms with van der Waals surface area (Å²) < 4.78 is 13.9. The highest BCUT2D eigenvalue weighted by Gasteiger charge is 2.28. The third kappa shape index (κ3) is 3.45. The SMILES string of the molecule is O=C(Cn1ncnn1)N1CCCC(c2nnc(-c3ccccc3F)s2)C1. The summed E-state index contributed by atoms with van der Waals surface area (Å²) in [5.41, 5.74) is 0.456. The number of tetrazole rings is 1. The van der Waals surface area contributed by atoms with Gasteiger partial charge >= 0.3 is 0 Å². The second-order valence-electron chi connectivity index (χ2n) is 6.07. The van der Waals surface area contributed by atoms with Gasteiger partial charge in [-0.2, -0.15) is 4.80 Å². The van der Waals surface area contributed by atoms with E-state index >= 15 is 0 Å². The molecule has 0 saturated carbocycles. The Labute approximate surface area is 152 Å². The van der Waals surface area contributed by atoms with Crippen molar-refractivity contribution >= 4 is 17.2 Å². The molecule has 1 fully saturated rings. The van der Waals surface area contributed by atoms with Crippen LogP contribution >= 0.6 is 11.3 Å². The average molecular weight is 373 g/mol. The van der Waals surface area contributed by atoms with Crippen LogP contribution in [0, 0.1) is 5.82 Å². The average Bonchev–Trinajstić information content (AvgIpc) is 3.34. The molecular formula is C16H16FN7OS. The van der Waals surface area contributed by atoms with Crippen molar-refractivity contribution in [1.82, 2.24) is 35.3 Å². The van der Waals surface area contributed by atoms with Gasteiger partial charge in [-0.15, -0.1) is 20.4 Å². The number of piperidine rings is 1. The zero-order valence-electron chi connectivity index (χ0n) is 13.8. The number of halogens is 1. The fourth-order valence-electron chi connectivity index (χ4n) is 3.03. The van der Waals surface area contributed by atoms with Crippen molar-refractivity contribution in [3.05, 3.63) is 41.4 Å². The van der Waals surface area contributed by atoms with E-state index in [1.165, 1.54) is 28.5 Å². The third-order valence-electron chi connectivity index (χ3n) is 4.34. The van der Waals surface area contributed by atoms with Crippen LogP contribution in [0.4, 0.5) is 4.39 Å². The van der Waals surface area contributed by atoms with Crippen molar-refractivity contribution in [2.24, 2.45) is 0 Å². The number of likely N-dealkylation sites (tertiary alicyclic amines) is 1. The highest BCUT2D eigenvalue weighted by molar-refractivity contribution is 7.14. The molecule has 1 aliphatic rings. The molecule has 1 aromatic carbocycles. The van der Waals surface area contributed by atoms with E-state index in [0.29, 0.717) is 23.7 Å². The maximum atomic E-state index is 13.9. The Morgan fingerprint density at radius 3 is 3.00 bits per heavy atom. The molecule has 4 rings (SSSR count). The van der Waals surface area contributed by atoms with Crippen molar-refractivity contribution in [3.63, 3.8) is 0 Å². The summed E-state index contributed by atoms with van der Waals surface area (Å²) >= 11 is 1.39. The summed E-state index contributed by atoms with van der Waals surface area (Å²) in [4.78, 5) is 15.5. The van der Waals surface area contributed by atoms with Gasteiger partial charge in [0.1, 0.15) is 17.4 Å². The molecule has 0 N–H and O–H groups in total. The van der Waals surface area contributed by atoms with Gasteiger partial charge in [0, 0.05) is 24.6 Å². The van der Waals surface area contributed by atoms with E-state index < -0.39 is 0 Å². The molecule has 2 aromatic heterocycles. The van der Waals surface area contributed by atoms with Gasteiger partial charge in [-0.1, -0.05) is 23.5 Å². The lowest BCUT2D eigenvalue weighted by molar-refractivity contribution is -0.133. The Morgan fingerprint density at radius 2 is 2.19 bits per heavy atom. The van der Waals surface area contributed by atoms with Gasteiger partial charge < -0.3 is 4.90 Å². The third-order valence-corrected chi connectivity index (χ3v) is 5.46. The normalized spacial score (nSPS) is 17.4. The number of carbonyl (C=O) groups is 1. The molecule has 1 saturated heterocycles. The van der Waals surface area contributed by atoms with Crippen LogP contribution < -0.4 is 0 Å². The topological polar surface area (TPSA) is 89.7 Å². The van der Waals surface area contributed by atoms with E-state index in [-0.39, 0.29) is 24.2 Å². The van der Waals surface area contributed by atoms with Crippen LogP contribution in [-0.4, -0.2) is 54.3 Å². The van der Waals surface area contributed by atoms with Gasteiger partial charge in [-0.05, 0) is 30.2 Å². The first-order chi connectivity index (χ1) is 12.7. The quantitative estimate of drug-likeness (QED) is 0.692. The number of amides is 1. The number of benzene rings is 1. The fraction of sp³-hybridized carbons (Fsp3) is 0.375. The lowest BCUT2D eigenvalue weighted by Gasteiger charge is -2.31.